The molecule has 0 spiro atoms. The Kier molecular flexibility index (Phi) is 5.91. The first kappa shape index (κ1) is 14.2. The van der Waals surface area contributed by atoms with E-state index in [0.29, 0.717) is 0 Å². The molecule has 0 aliphatic heterocycles. The van der Waals surface area contributed by atoms with Crippen LogP contribution in [0.4, 0.5) is 4.79 Å². The van der Waals surface area contributed by atoms with Crippen molar-refractivity contribution >= 4 is 17.9 Å². The minimum absolute atomic E-state index is 0.119. The van der Waals surface area contributed by atoms with Gasteiger partial charge in [-0.3, -0.25) is 4.79 Å². The van der Waals surface area contributed by atoms with E-state index in [0.717, 1.165) is 0 Å². The summed E-state index contributed by atoms with van der Waals surface area (Å²) in [5.41, 5.74) is 4.84. The third-order valence-corrected chi connectivity index (χ3v) is 1.83. The molecule has 3 amide bonds. The summed E-state index contributed by atoms with van der Waals surface area (Å²) in [5.74, 6) is -1.31. The van der Waals surface area contributed by atoms with E-state index in [2.05, 4.69) is 15.4 Å². The van der Waals surface area contributed by atoms with Gasteiger partial charge >= 0.3 is 12.0 Å². The molecule has 0 aliphatic rings. The molecule has 0 aliphatic carbocycles. The molecule has 7 heteroatoms. The van der Waals surface area contributed by atoms with Gasteiger partial charge in [0.25, 0.3) is 0 Å². The van der Waals surface area contributed by atoms with Gasteiger partial charge in [0.15, 0.2) is 0 Å². The van der Waals surface area contributed by atoms with Gasteiger partial charge in [0.2, 0.25) is 5.91 Å². The zero-order valence-electron chi connectivity index (χ0n) is 9.57. The van der Waals surface area contributed by atoms with Crippen LogP contribution in [0.5, 0.6) is 0 Å². The maximum atomic E-state index is 11.3. The van der Waals surface area contributed by atoms with Crippen LogP contribution in [0.1, 0.15) is 13.8 Å². The highest BCUT2D eigenvalue weighted by molar-refractivity contribution is 5.86. The molecule has 0 aromatic carbocycles. The molecule has 0 saturated heterocycles. The average molecular weight is 231 g/mol. The highest BCUT2D eigenvalue weighted by atomic mass is 16.5. The van der Waals surface area contributed by atoms with E-state index in [9.17, 15) is 14.4 Å². The molecule has 0 bridgehead atoms. The maximum absolute atomic E-state index is 11.3. The maximum Gasteiger partial charge on any atom is 0.328 e. The first-order valence-corrected chi connectivity index (χ1v) is 4.79. The van der Waals surface area contributed by atoms with Crippen LogP contribution in [-0.4, -0.2) is 37.6 Å². The zero-order chi connectivity index (χ0) is 12.7. The monoisotopic (exact) mass is 231 g/mol. The Morgan fingerprint density at radius 1 is 1.31 bits per heavy atom. The fourth-order valence-electron chi connectivity index (χ4n) is 0.984. The van der Waals surface area contributed by atoms with Crippen LogP contribution in [0.25, 0.3) is 0 Å². The molecule has 0 heterocycles. The highest BCUT2D eigenvalue weighted by Gasteiger charge is 2.24. The van der Waals surface area contributed by atoms with Crippen LogP contribution < -0.4 is 16.4 Å². The Bertz CT molecular complexity index is 278. The van der Waals surface area contributed by atoms with Crippen LogP contribution in [-0.2, 0) is 14.3 Å². The Hall–Kier alpha value is -1.79. The van der Waals surface area contributed by atoms with E-state index in [1.54, 1.807) is 13.8 Å². The molecule has 0 fully saturated rings. The number of primary amides is 1. The Labute approximate surface area is 93.7 Å². The summed E-state index contributed by atoms with van der Waals surface area (Å²) in [4.78, 5) is 32.9. The SMILES string of the molecule is COC(=O)C(NC(=O)NCC(N)=O)C(C)C. The summed E-state index contributed by atoms with van der Waals surface area (Å²) in [7, 11) is 1.24. The van der Waals surface area contributed by atoms with Crippen LogP contribution in [0.15, 0.2) is 0 Å². The second-order valence-corrected chi connectivity index (χ2v) is 3.54. The number of hydrogen-bond donors (Lipinski definition) is 3. The van der Waals surface area contributed by atoms with Crippen molar-refractivity contribution in [3.8, 4) is 0 Å². The van der Waals surface area contributed by atoms with Gasteiger partial charge < -0.3 is 21.1 Å². The van der Waals surface area contributed by atoms with Crippen LogP contribution >= 0.6 is 0 Å². The normalized spacial score (nSPS) is 11.8. The standard InChI is InChI=1S/C9H17N3O4/c1-5(2)7(8(14)16-3)12-9(15)11-4-6(10)13/h5,7H,4H2,1-3H3,(H2,10,13)(H2,11,12,15). The lowest BCUT2D eigenvalue weighted by Crippen LogP contribution is -2.50. The number of methoxy groups -OCH3 is 1. The third kappa shape index (κ3) is 5.18. The van der Waals surface area contributed by atoms with E-state index >= 15 is 0 Å². The molecular weight excluding hydrogens is 214 g/mol. The number of hydrogen-bond acceptors (Lipinski definition) is 4. The summed E-state index contributed by atoms with van der Waals surface area (Å²) in [5, 5.41) is 4.60. The summed E-state index contributed by atoms with van der Waals surface area (Å²) >= 11 is 0. The predicted octanol–water partition coefficient (Wildman–Crippen LogP) is -1.03. The molecule has 1 unspecified atom stereocenters. The van der Waals surface area contributed by atoms with Crippen LogP contribution in [0.3, 0.4) is 0 Å². The second kappa shape index (κ2) is 6.65. The van der Waals surface area contributed by atoms with E-state index in [-0.39, 0.29) is 12.5 Å². The molecule has 0 saturated carbocycles. The number of ether oxygens (including phenoxy) is 1. The minimum atomic E-state index is -0.752. The van der Waals surface area contributed by atoms with E-state index < -0.39 is 23.9 Å². The smallest absolute Gasteiger partial charge is 0.328 e. The fourth-order valence-corrected chi connectivity index (χ4v) is 0.984. The third-order valence-electron chi connectivity index (χ3n) is 1.83. The molecule has 7 nitrogen and oxygen atoms in total. The van der Waals surface area contributed by atoms with Crippen molar-refractivity contribution in [3.63, 3.8) is 0 Å². The van der Waals surface area contributed by atoms with Crippen molar-refractivity contribution in [2.75, 3.05) is 13.7 Å². The van der Waals surface area contributed by atoms with E-state index in [4.69, 9.17) is 5.73 Å². The lowest BCUT2D eigenvalue weighted by molar-refractivity contribution is -0.143. The summed E-state index contributed by atoms with van der Waals surface area (Å²) < 4.78 is 4.53. The average Bonchev–Trinajstić information content (AvgIpc) is 2.21. The molecule has 0 aromatic rings. The molecule has 0 aromatic heterocycles. The summed E-state index contributed by atoms with van der Waals surface area (Å²) in [6.45, 7) is 3.24. The molecular formula is C9H17N3O4. The Balaban J connectivity index is 4.24. The first-order chi connectivity index (χ1) is 7.38. The number of esters is 1. The van der Waals surface area contributed by atoms with Gasteiger partial charge in [-0.05, 0) is 5.92 Å². The first-order valence-electron chi connectivity index (χ1n) is 4.79. The number of amides is 3. The largest absolute Gasteiger partial charge is 0.467 e. The fraction of sp³-hybridized carbons (Fsp3) is 0.667. The van der Waals surface area contributed by atoms with Crippen molar-refractivity contribution < 1.29 is 19.1 Å². The van der Waals surface area contributed by atoms with Gasteiger partial charge in [-0.25, -0.2) is 9.59 Å². The van der Waals surface area contributed by atoms with Gasteiger partial charge in [0.05, 0.1) is 13.7 Å². The molecule has 0 radical (unpaired) electrons. The summed E-state index contributed by atoms with van der Waals surface area (Å²) in [6.07, 6.45) is 0. The van der Waals surface area contributed by atoms with Crippen molar-refractivity contribution in [3.05, 3.63) is 0 Å². The molecule has 92 valence electrons. The molecule has 1 atom stereocenters. The molecule has 0 rings (SSSR count). The zero-order valence-corrected chi connectivity index (χ0v) is 9.57. The molecule has 16 heavy (non-hydrogen) atoms. The quantitative estimate of drug-likeness (QED) is 0.525. The summed E-state index contributed by atoms with van der Waals surface area (Å²) in [6, 6.07) is -1.39. The minimum Gasteiger partial charge on any atom is -0.467 e. The Morgan fingerprint density at radius 3 is 2.25 bits per heavy atom. The Morgan fingerprint density at radius 2 is 1.88 bits per heavy atom. The van der Waals surface area contributed by atoms with Crippen molar-refractivity contribution in [2.45, 2.75) is 19.9 Å². The predicted molar refractivity (Wildman–Crippen MR) is 56.4 cm³/mol. The van der Waals surface area contributed by atoms with Gasteiger partial charge in [-0.1, -0.05) is 13.8 Å². The van der Waals surface area contributed by atoms with Gasteiger partial charge in [-0.2, -0.15) is 0 Å². The topological polar surface area (TPSA) is 111 Å². The molecule has 4 N–H and O–H groups in total. The number of urea groups is 1. The lowest BCUT2D eigenvalue weighted by Gasteiger charge is -2.19. The van der Waals surface area contributed by atoms with Gasteiger partial charge in [0, 0.05) is 0 Å². The number of rotatable bonds is 5. The number of nitrogens with two attached hydrogens (primary N) is 1. The second-order valence-electron chi connectivity index (χ2n) is 3.54. The van der Waals surface area contributed by atoms with Crippen LogP contribution in [0.2, 0.25) is 0 Å². The van der Waals surface area contributed by atoms with E-state index in [1.165, 1.54) is 7.11 Å². The number of carbonyl (C=O) groups is 3. The van der Waals surface area contributed by atoms with E-state index in [1.807, 2.05) is 0 Å². The number of nitrogens with one attached hydrogen (secondary N) is 2. The number of carbonyl (C=O) groups excluding carboxylic acids is 3. The van der Waals surface area contributed by atoms with Crippen molar-refractivity contribution in [2.24, 2.45) is 11.7 Å². The van der Waals surface area contributed by atoms with Crippen molar-refractivity contribution in [1.29, 1.82) is 0 Å². The van der Waals surface area contributed by atoms with Gasteiger partial charge in [-0.15, -0.1) is 0 Å². The van der Waals surface area contributed by atoms with Crippen LogP contribution in [0, 0.1) is 5.92 Å². The highest BCUT2D eigenvalue weighted by Crippen LogP contribution is 2.02. The lowest BCUT2D eigenvalue weighted by atomic mass is 10.1. The van der Waals surface area contributed by atoms with Crippen molar-refractivity contribution in [1.82, 2.24) is 10.6 Å². The van der Waals surface area contributed by atoms with Gasteiger partial charge in [0.1, 0.15) is 6.04 Å².